The number of hydrogen-bond donors (Lipinski definition) is 1. The summed E-state index contributed by atoms with van der Waals surface area (Å²) < 4.78 is 0. The lowest BCUT2D eigenvalue weighted by Gasteiger charge is -2.36. The average Bonchev–Trinajstić information content (AvgIpc) is 2.83. The maximum Gasteiger partial charge on any atom is 0.324 e. The molecule has 0 aliphatic carbocycles. The van der Waals surface area contributed by atoms with Crippen molar-refractivity contribution in [1.29, 1.82) is 0 Å². The topological polar surface area (TPSA) is 52.7 Å². The Bertz CT molecular complexity index is 1140. The maximum atomic E-state index is 13.5. The van der Waals surface area contributed by atoms with E-state index in [4.69, 9.17) is 0 Å². The third kappa shape index (κ3) is 5.30. The molecule has 1 aliphatic rings. The van der Waals surface area contributed by atoms with E-state index in [0.29, 0.717) is 25.2 Å². The van der Waals surface area contributed by atoms with Gasteiger partial charge >= 0.3 is 6.03 Å². The van der Waals surface area contributed by atoms with Crippen LogP contribution in [0, 0.1) is 13.8 Å². The molecule has 4 rings (SSSR count). The second-order valence-electron chi connectivity index (χ2n) is 9.08. The summed E-state index contributed by atoms with van der Waals surface area (Å²) in [5.74, 6) is -0.300. The molecule has 0 aromatic heterocycles. The predicted octanol–water partition coefficient (Wildman–Crippen LogP) is 6.27. The number of rotatable bonds is 7. The number of nitrogens with one attached hydrogen (secondary N) is 1. The summed E-state index contributed by atoms with van der Waals surface area (Å²) in [6, 6.07) is 24.0. The number of urea groups is 1. The third-order valence-electron chi connectivity index (χ3n) is 6.43. The molecular formula is C29H33N3O2. The first-order chi connectivity index (χ1) is 16.5. The molecule has 176 valence electrons. The molecule has 1 saturated heterocycles. The molecular weight excluding hydrogens is 422 g/mol. The standard InChI is InChI=1S/C29H33N3O2/c1-4-25(24-9-6-5-7-10-24)28(33)30-26-19-22(3)13-16-27(26)32-18-8-17-31(29(32)34)20-23-14-11-21(2)12-15-23/h5-7,9-16,19,25H,4,8,17-18,20H2,1-3H3,(H,30,33)/t25-/m0/s1. The molecule has 3 amide bonds. The molecule has 1 heterocycles. The minimum Gasteiger partial charge on any atom is -0.324 e. The Hall–Kier alpha value is -3.60. The largest absolute Gasteiger partial charge is 0.324 e. The van der Waals surface area contributed by atoms with Crippen LogP contribution < -0.4 is 10.2 Å². The van der Waals surface area contributed by atoms with E-state index in [-0.39, 0.29) is 17.9 Å². The van der Waals surface area contributed by atoms with Crippen LogP contribution in [0.3, 0.4) is 0 Å². The molecule has 1 atom stereocenters. The van der Waals surface area contributed by atoms with Crippen LogP contribution in [0.4, 0.5) is 16.2 Å². The van der Waals surface area contributed by atoms with Gasteiger partial charge < -0.3 is 10.2 Å². The zero-order valence-electron chi connectivity index (χ0n) is 20.3. The van der Waals surface area contributed by atoms with Gasteiger partial charge in [-0.05, 0) is 55.5 Å². The minimum absolute atomic E-state index is 0.0266. The highest BCUT2D eigenvalue weighted by atomic mass is 16.2. The van der Waals surface area contributed by atoms with Crippen LogP contribution >= 0.6 is 0 Å². The number of benzene rings is 3. The van der Waals surface area contributed by atoms with Crippen LogP contribution in [0.2, 0.25) is 0 Å². The lowest BCUT2D eigenvalue weighted by molar-refractivity contribution is -0.117. The van der Waals surface area contributed by atoms with E-state index >= 15 is 0 Å². The van der Waals surface area contributed by atoms with Gasteiger partial charge in [0.25, 0.3) is 0 Å². The van der Waals surface area contributed by atoms with Crippen molar-refractivity contribution in [2.24, 2.45) is 0 Å². The predicted molar refractivity (Wildman–Crippen MR) is 138 cm³/mol. The molecule has 5 heteroatoms. The van der Waals surface area contributed by atoms with E-state index in [1.165, 1.54) is 5.56 Å². The van der Waals surface area contributed by atoms with Gasteiger partial charge in [-0.2, -0.15) is 0 Å². The summed E-state index contributed by atoms with van der Waals surface area (Å²) in [5.41, 5.74) is 5.79. The molecule has 0 radical (unpaired) electrons. The fourth-order valence-electron chi connectivity index (χ4n) is 4.53. The normalized spacial score (nSPS) is 14.7. The van der Waals surface area contributed by atoms with Crippen LogP contribution in [0.15, 0.2) is 72.8 Å². The summed E-state index contributed by atoms with van der Waals surface area (Å²) >= 11 is 0. The third-order valence-corrected chi connectivity index (χ3v) is 6.43. The Balaban J connectivity index is 1.56. The molecule has 1 aliphatic heterocycles. The second-order valence-corrected chi connectivity index (χ2v) is 9.08. The molecule has 34 heavy (non-hydrogen) atoms. The van der Waals surface area contributed by atoms with Gasteiger partial charge in [0.15, 0.2) is 0 Å². The lowest BCUT2D eigenvalue weighted by Crippen LogP contribution is -2.49. The van der Waals surface area contributed by atoms with E-state index in [2.05, 4.69) is 36.5 Å². The molecule has 0 unspecified atom stereocenters. The first-order valence-corrected chi connectivity index (χ1v) is 12.0. The first kappa shape index (κ1) is 23.6. The van der Waals surface area contributed by atoms with Crippen molar-refractivity contribution in [1.82, 2.24) is 4.90 Å². The van der Waals surface area contributed by atoms with Crippen molar-refractivity contribution in [3.63, 3.8) is 0 Å². The van der Waals surface area contributed by atoms with Crippen molar-refractivity contribution >= 4 is 23.3 Å². The molecule has 0 bridgehead atoms. The van der Waals surface area contributed by atoms with Gasteiger partial charge in [0.05, 0.1) is 17.3 Å². The number of hydrogen-bond acceptors (Lipinski definition) is 2. The molecule has 1 fully saturated rings. The highest BCUT2D eigenvalue weighted by Gasteiger charge is 2.29. The molecule has 5 nitrogen and oxygen atoms in total. The lowest BCUT2D eigenvalue weighted by atomic mass is 9.95. The molecule has 1 N–H and O–H groups in total. The van der Waals surface area contributed by atoms with E-state index in [0.717, 1.165) is 35.3 Å². The summed E-state index contributed by atoms with van der Waals surface area (Å²) in [5, 5.41) is 3.14. The molecule has 0 saturated carbocycles. The van der Waals surface area contributed by atoms with Crippen molar-refractivity contribution in [3.8, 4) is 0 Å². The first-order valence-electron chi connectivity index (χ1n) is 12.0. The molecule has 3 aromatic carbocycles. The van der Waals surface area contributed by atoms with E-state index in [9.17, 15) is 9.59 Å². The van der Waals surface area contributed by atoms with Gasteiger partial charge in [0.1, 0.15) is 0 Å². The van der Waals surface area contributed by atoms with Crippen LogP contribution in [-0.2, 0) is 11.3 Å². The summed E-state index contributed by atoms with van der Waals surface area (Å²) in [6.45, 7) is 8.01. The maximum absolute atomic E-state index is 13.5. The highest BCUT2D eigenvalue weighted by Crippen LogP contribution is 2.32. The summed E-state index contributed by atoms with van der Waals surface area (Å²) in [4.78, 5) is 30.4. The van der Waals surface area contributed by atoms with Gasteiger partial charge in [0, 0.05) is 19.6 Å². The van der Waals surface area contributed by atoms with Gasteiger partial charge in [0.2, 0.25) is 5.91 Å². The van der Waals surface area contributed by atoms with Gasteiger partial charge in [-0.3, -0.25) is 9.69 Å². The second kappa shape index (κ2) is 10.6. The van der Waals surface area contributed by atoms with Crippen molar-refractivity contribution < 1.29 is 9.59 Å². The fraction of sp³-hybridized carbons (Fsp3) is 0.310. The van der Waals surface area contributed by atoms with Gasteiger partial charge in [-0.15, -0.1) is 0 Å². The Morgan fingerprint density at radius 1 is 0.941 bits per heavy atom. The number of anilines is 2. The number of amides is 3. The molecule has 3 aromatic rings. The summed E-state index contributed by atoms with van der Waals surface area (Å²) in [6.07, 6.45) is 1.57. The fourth-order valence-corrected chi connectivity index (χ4v) is 4.53. The molecule has 0 spiro atoms. The number of carbonyl (C=O) groups is 2. The number of carbonyl (C=O) groups excluding carboxylic acids is 2. The van der Waals surface area contributed by atoms with Crippen molar-refractivity contribution in [2.45, 2.75) is 46.1 Å². The van der Waals surface area contributed by atoms with E-state index in [1.54, 1.807) is 4.90 Å². The Morgan fingerprint density at radius 3 is 2.35 bits per heavy atom. The SMILES string of the molecule is CC[C@H](C(=O)Nc1cc(C)ccc1N1CCCN(Cc2ccc(C)cc2)C1=O)c1ccccc1. The number of aryl methyl sites for hydroxylation is 2. The van der Waals surface area contributed by atoms with Crippen LogP contribution in [0.5, 0.6) is 0 Å². The minimum atomic E-state index is -0.246. The smallest absolute Gasteiger partial charge is 0.324 e. The van der Waals surface area contributed by atoms with E-state index in [1.807, 2.05) is 67.3 Å². The zero-order chi connectivity index (χ0) is 24.1. The van der Waals surface area contributed by atoms with Crippen LogP contribution in [0.25, 0.3) is 0 Å². The Kier molecular flexibility index (Phi) is 7.31. The van der Waals surface area contributed by atoms with Gasteiger partial charge in [-0.1, -0.05) is 73.2 Å². The average molecular weight is 456 g/mol. The zero-order valence-corrected chi connectivity index (χ0v) is 20.3. The Labute approximate surface area is 202 Å². The quantitative estimate of drug-likeness (QED) is 0.457. The van der Waals surface area contributed by atoms with Crippen molar-refractivity contribution in [2.75, 3.05) is 23.3 Å². The summed E-state index contributed by atoms with van der Waals surface area (Å²) in [7, 11) is 0. The monoisotopic (exact) mass is 455 g/mol. The van der Waals surface area contributed by atoms with E-state index < -0.39 is 0 Å². The van der Waals surface area contributed by atoms with Gasteiger partial charge in [-0.25, -0.2) is 4.79 Å². The number of nitrogens with zero attached hydrogens (tertiary/aromatic N) is 2. The highest BCUT2D eigenvalue weighted by molar-refractivity contribution is 6.02. The van der Waals surface area contributed by atoms with Crippen molar-refractivity contribution in [3.05, 3.63) is 95.1 Å². The van der Waals surface area contributed by atoms with Crippen LogP contribution in [-0.4, -0.2) is 29.9 Å². The Morgan fingerprint density at radius 2 is 1.65 bits per heavy atom. The van der Waals surface area contributed by atoms with Crippen LogP contribution in [0.1, 0.15) is 47.9 Å².